The molecule has 4 aromatic rings. The van der Waals surface area contributed by atoms with Gasteiger partial charge in [0, 0.05) is 42.1 Å². The molecule has 3 aromatic heterocycles. The zero-order chi connectivity index (χ0) is 17.9. The number of pyridine rings is 1. The Morgan fingerprint density at radius 2 is 1.85 bits per heavy atom. The molecule has 0 saturated heterocycles. The smallest absolute Gasteiger partial charge is 0.151 e. The number of rotatable bonds is 5. The van der Waals surface area contributed by atoms with Gasteiger partial charge < -0.3 is 10.6 Å². The van der Waals surface area contributed by atoms with Crippen molar-refractivity contribution in [3.05, 3.63) is 48.4 Å². The molecule has 0 aliphatic carbocycles. The predicted octanol–water partition coefficient (Wildman–Crippen LogP) is 4.11. The molecule has 0 aliphatic rings. The van der Waals surface area contributed by atoms with Gasteiger partial charge in [0.1, 0.15) is 11.3 Å². The molecule has 2 N–H and O–H groups in total. The second-order valence-electron chi connectivity index (χ2n) is 6.04. The number of nitrogens with one attached hydrogen (secondary N) is 2. The molecule has 8 heteroatoms. The molecular weight excluding hydrogens is 346 g/mol. The van der Waals surface area contributed by atoms with Crippen LogP contribution in [0.25, 0.3) is 21.6 Å². The van der Waals surface area contributed by atoms with E-state index >= 15 is 0 Å². The lowest BCUT2D eigenvalue weighted by Crippen LogP contribution is -2.11. The summed E-state index contributed by atoms with van der Waals surface area (Å²) >= 11 is 1.49. The summed E-state index contributed by atoms with van der Waals surface area (Å²) in [4.78, 5) is 13.2. The van der Waals surface area contributed by atoms with E-state index in [0.717, 1.165) is 38.8 Å². The van der Waals surface area contributed by atoms with Crippen molar-refractivity contribution in [3.8, 4) is 10.6 Å². The molecule has 26 heavy (non-hydrogen) atoms. The molecule has 0 unspecified atom stereocenters. The Bertz CT molecular complexity index is 1030. The van der Waals surface area contributed by atoms with Crippen molar-refractivity contribution < 1.29 is 0 Å². The van der Waals surface area contributed by atoms with Crippen LogP contribution in [0.1, 0.15) is 13.8 Å². The molecule has 0 radical (unpaired) electrons. The molecule has 7 nitrogen and oxygen atoms in total. The number of fused-ring (bicyclic) bond motifs is 1. The first-order chi connectivity index (χ1) is 12.7. The maximum Gasteiger partial charge on any atom is 0.151 e. The SMILES string of the molecule is CC(C)Nc1cc(Nc2ccc3nccnc3c2)ncc1-c1nncs1. The van der Waals surface area contributed by atoms with Gasteiger partial charge in [-0.2, -0.15) is 0 Å². The first-order valence-corrected chi connectivity index (χ1v) is 9.08. The third kappa shape index (κ3) is 3.45. The summed E-state index contributed by atoms with van der Waals surface area (Å²) in [6.07, 6.45) is 5.19. The summed E-state index contributed by atoms with van der Waals surface area (Å²) in [6, 6.07) is 8.13. The average Bonchev–Trinajstić information content (AvgIpc) is 3.16. The second-order valence-corrected chi connectivity index (χ2v) is 6.88. The van der Waals surface area contributed by atoms with Gasteiger partial charge in [-0.25, -0.2) is 4.98 Å². The highest BCUT2D eigenvalue weighted by atomic mass is 32.1. The molecule has 0 atom stereocenters. The minimum Gasteiger partial charge on any atom is -0.382 e. The zero-order valence-corrected chi connectivity index (χ0v) is 15.2. The average molecular weight is 363 g/mol. The van der Waals surface area contributed by atoms with Crippen molar-refractivity contribution in [2.45, 2.75) is 19.9 Å². The Hall–Kier alpha value is -3.13. The zero-order valence-electron chi connectivity index (χ0n) is 14.3. The number of benzene rings is 1. The van der Waals surface area contributed by atoms with Crippen molar-refractivity contribution >= 4 is 39.6 Å². The standard InChI is InChI=1S/C18H17N7S/c1-11(2)23-15-8-17(21-9-13(15)18-25-22-10-26-18)24-12-3-4-14-16(7-12)20-6-5-19-14/h3-11H,1-2H3,(H2,21,23,24). The highest BCUT2D eigenvalue weighted by Crippen LogP contribution is 2.31. The quantitative estimate of drug-likeness (QED) is 0.551. The topological polar surface area (TPSA) is 88.5 Å². The summed E-state index contributed by atoms with van der Waals surface area (Å²) in [7, 11) is 0. The van der Waals surface area contributed by atoms with Crippen LogP contribution in [0.5, 0.6) is 0 Å². The predicted molar refractivity (Wildman–Crippen MR) is 105 cm³/mol. The molecule has 0 bridgehead atoms. The lowest BCUT2D eigenvalue weighted by molar-refractivity contribution is 0.899. The normalized spacial score (nSPS) is 11.0. The fraction of sp³-hybridized carbons (Fsp3) is 0.167. The van der Waals surface area contributed by atoms with Crippen LogP contribution < -0.4 is 10.6 Å². The first-order valence-electron chi connectivity index (χ1n) is 8.20. The van der Waals surface area contributed by atoms with Gasteiger partial charge >= 0.3 is 0 Å². The Kier molecular flexibility index (Phi) is 4.40. The molecule has 3 heterocycles. The summed E-state index contributed by atoms with van der Waals surface area (Å²) in [6.45, 7) is 4.19. The molecule has 0 fully saturated rings. The summed E-state index contributed by atoms with van der Waals surface area (Å²) in [5.74, 6) is 0.740. The van der Waals surface area contributed by atoms with Gasteiger partial charge in [-0.05, 0) is 32.0 Å². The summed E-state index contributed by atoms with van der Waals surface area (Å²) in [5.41, 5.74) is 6.23. The first kappa shape index (κ1) is 16.3. The maximum absolute atomic E-state index is 4.53. The van der Waals surface area contributed by atoms with E-state index in [9.17, 15) is 0 Å². The third-order valence-electron chi connectivity index (χ3n) is 3.68. The van der Waals surface area contributed by atoms with Crippen molar-refractivity contribution in [1.29, 1.82) is 0 Å². The summed E-state index contributed by atoms with van der Waals surface area (Å²) < 4.78 is 0. The molecule has 0 saturated carbocycles. The van der Waals surface area contributed by atoms with E-state index in [0.29, 0.717) is 0 Å². The van der Waals surface area contributed by atoms with Crippen LogP contribution in [0.15, 0.2) is 48.4 Å². The molecule has 1 aromatic carbocycles. The molecule has 130 valence electrons. The van der Waals surface area contributed by atoms with Crippen LogP contribution in [0, 0.1) is 0 Å². The van der Waals surface area contributed by atoms with Gasteiger partial charge in [0.15, 0.2) is 5.01 Å². The van der Waals surface area contributed by atoms with E-state index in [-0.39, 0.29) is 6.04 Å². The summed E-state index contributed by atoms with van der Waals surface area (Å²) in [5, 5.41) is 15.7. The molecule has 0 amide bonds. The van der Waals surface area contributed by atoms with E-state index in [1.54, 1.807) is 17.9 Å². The van der Waals surface area contributed by atoms with Crippen molar-refractivity contribution in [2.75, 3.05) is 10.6 Å². The van der Waals surface area contributed by atoms with Gasteiger partial charge in [0.05, 0.1) is 16.6 Å². The minimum atomic E-state index is 0.285. The Morgan fingerprint density at radius 3 is 2.62 bits per heavy atom. The van der Waals surface area contributed by atoms with Crippen LogP contribution in [-0.4, -0.2) is 31.2 Å². The largest absolute Gasteiger partial charge is 0.382 e. The molecule has 0 aliphatic heterocycles. The lowest BCUT2D eigenvalue weighted by Gasteiger charge is -2.15. The fourth-order valence-electron chi connectivity index (χ4n) is 2.60. The number of nitrogens with zero attached hydrogens (tertiary/aromatic N) is 5. The number of aromatic nitrogens is 5. The van der Waals surface area contributed by atoms with Gasteiger partial charge in [-0.1, -0.05) is 11.3 Å². The van der Waals surface area contributed by atoms with Crippen molar-refractivity contribution in [3.63, 3.8) is 0 Å². The van der Waals surface area contributed by atoms with E-state index in [1.165, 1.54) is 11.3 Å². The number of hydrogen-bond donors (Lipinski definition) is 2. The highest BCUT2D eigenvalue weighted by molar-refractivity contribution is 7.12. The maximum atomic E-state index is 4.53. The van der Waals surface area contributed by atoms with E-state index in [4.69, 9.17) is 0 Å². The molecule has 4 rings (SSSR count). The molecule has 0 spiro atoms. The van der Waals surface area contributed by atoms with E-state index < -0.39 is 0 Å². The number of hydrogen-bond acceptors (Lipinski definition) is 8. The van der Waals surface area contributed by atoms with Crippen LogP contribution >= 0.6 is 11.3 Å². The highest BCUT2D eigenvalue weighted by Gasteiger charge is 2.12. The Labute approximate surface area is 154 Å². The van der Waals surface area contributed by atoms with Crippen LogP contribution in [-0.2, 0) is 0 Å². The Balaban J connectivity index is 1.67. The fourth-order valence-corrected chi connectivity index (χ4v) is 3.18. The van der Waals surface area contributed by atoms with Crippen LogP contribution in [0.2, 0.25) is 0 Å². The Morgan fingerprint density at radius 1 is 1.00 bits per heavy atom. The third-order valence-corrected chi connectivity index (χ3v) is 4.40. The second kappa shape index (κ2) is 7.01. The minimum absolute atomic E-state index is 0.285. The van der Waals surface area contributed by atoms with Crippen molar-refractivity contribution in [2.24, 2.45) is 0 Å². The van der Waals surface area contributed by atoms with E-state index in [2.05, 4.69) is 49.6 Å². The van der Waals surface area contributed by atoms with Gasteiger partial charge in [0.25, 0.3) is 0 Å². The van der Waals surface area contributed by atoms with E-state index in [1.807, 2.05) is 30.5 Å². The van der Waals surface area contributed by atoms with Gasteiger partial charge in [-0.3, -0.25) is 9.97 Å². The molecular formula is C18H17N7S. The van der Waals surface area contributed by atoms with Crippen LogP contribution in [0.3, 0.4) is 0 Å². The van der Waals surface area contributed by atoms with Gasteiger partial charge in [0.2, 0.25) is 0 Å². The number of anilines is 3. The van der Waals surface area contributed by atoms with Gasteiger partial charge in [-0.15, -0.1) is 10.2 Å². The van der Waals surface area contributed by atoms with Crippen molar-refractivity contribution in [1.82, 2.24) is 25.1 Å². The lowest BCUT2D eigenvalue weighted by atomic mass is 10.2. The van der Waals surface area contributed by atoms with Crippen LogP contribution in [0.4, 0.5) is 17.2 Å². The monoisotopic (exact) mass is 363 g/mol.